The van der Waals surface area contributed by atoms with E-state index in [1.54, 1.807) is 0 Å². The van der Waals surface area contributed by atoms with Crippen molar-refractivity contribution < 1.29 is 19.1 Å². The average Bonchev–Trinajstić information content (AvgIpc) is 2.76. The minimum absolute atomic E-state index is 0.167. The second-order valence-corrected chi connectivity index (χ2v) is 8.56. The van der Waals surface area contributed by atoms with Crippen LogP contribution in [-0.4, -0.2) is 37.2 Å². The Kier molecular flexibility index (Phi) is 8.64. The molecule has 0 amide bonds. The Bertz CT molecular complexity index is 625. The summed E-state index contributed by atoms with van der Waals surface area (Å²) in [6.07, 6.45) is 12.2. The van der Waals surface area contributed by atoms with E-state index in [9.17, 15) is 9.59 Å². The van der Waals surface area contributed by atoms with Crippen molar-refractivity contribution in [1.29, 1.82) is 0 Å². The van der Waals surface area contributed by atoms with Gasteiger partial charge >= 0.3 is 11.9 Å². The standard InChI is InChI=1S/C24H38N2O4/c1-3-29-23(27)17-11-5-7-13-19(17)25-21-15-9-10-16-22(21)26-20-14-8-6-12-18(20)24(28)30-4-2/h21-22,25-26H,3-16H2,1-2H3/t21-,22-/m1/s1. The maximum atomic E-state index is 12.4. The second kappa shape index (κ2) is 11.4. The fourth-order valence-corrected chi connectivity index (χ4v) is 4.94. The van der Waals surface area contributed by atoms with Gasteiger partial charge in [0, 0.05) is 23.5 Å². The number of esters is 2. The molecule has 0 aliphatic heterocycles. The molecule has 0 aromatic heterocycles. The van der Waals surface area contributed by atoms with Crippen LogP contribution in [-0.2, 0) is 19.1 Å². The summed E-state index contributed by atoms with van der Waals surface area (Å²) >= 11 is 0. The highest BCUT2D eigenvalue weighted by Crippen LogP contribution is 2.30. The van der Waals surface area contributed by atoms with Crippen molar-refractivity contribution in [1.82, 2.24) is 10.6 Å². The van der Waals surface area contributed by atoms with Gasteiger partial charge in [0.15, 0.2) is 0 Å². The lowest BCUT2D eigenvalue weighted by atomic mass is 9.87. The molecular formula is C24H38N2O4. The summed E-state index contributed by atoms with van der Waals surface area (Å²) in [6, 6.07) is 0.517. The van der Waals surface area contributed by atoms with E-state index >= 15 is 0 Å². The molecule has 0 spiro atoms. The van der Waals surface area contributed by atoms with Crippen LogP contribution in [0.4, 0.5) is 0 Å². The zero-order chi connectivity index (χ0) is 21.3. The van der Waals surface area contributed by atoms with Crippen molar-refractivity contribution in [2.45, 2.75) is 103 Å². The van der Waals surface area contributed by atoms with Crippen LogP contribution in [0.3, 0.4) is 0 Å². The molecule has 1 saturated carbocycles. The van der Waals surface area contributed by atoms with Crippen LogP contribution >= 0.6 is 0 Å². The zero-order valence-electron chi connectivity index (χ0n) is 18.7. The minimum atomic E-state index is -0.167. The van der Waals surface area contributed by atoms with E-state index in [0.29, 0.717) is 13.2 Å². The fraction of sp³-hybridized carbons (Fsp3) is 0.750. The van der Waals surface area contributed by atoms with Gasteiger partial charge in [0.1, 0.15) is 0 Å². The van der Waals surface area contributed by atoms with Crippen molar-refractivity contribution in [3.05, 3.63) is 22.5 Å². The molecule has 0 radical (unpaired) electrons. The van der Waals surface area contributed by atoms with Crippen LogP contribution in [0.5, 0.6) is 0 Å². The molecule has 30 heavy (non-hydrogen) atoms. The molecule has 3 aliphatic rings. The molecule has 6 heteroatoms. The molecule has 3 rings (SSSR count). The monoisotopic (exact) mass is 418 g/mol. The van der Waals surface area contributed by atoms with Gasteiger partial charge in [-0.3, -0.25) is 0 Å². The molecule has 0 aromatic carbocycles. The summed E-state index contributed by atoms with van der Waals surface area (Å²) in [6.45, 7) is 4.53. The van der Waals surface area contributed by atoms with Crippen LogP contribution < -0.4 is 10.6 Å². The lowest BCUT2D eigenvalue weighted by Crippen LogP contribution is -2.50. The highest BCUT2D eigenvalue weighted by Gasteiger charge is 2.30. The van der Waals surface area contributed by atoms with E-state index in [1.807, 2.05) is 13.8 Å². The summed E-state index contributed by atoms with van der Waals surface area (Å²) in [4.78, 5) is 24.9. The maximum Gasteiger partial charge on any atom is 0.335 e. The Balaban J connectivity index is 1.76. The first-order chi connectivity index (χ1) is 14.6. The summed E-state index contributed by atoms with van der Waals surface area (Å²) in [5.41, 5.74) is 3.80. The van der Waals surface area contributed by atoms with Gasteiger partial charge in [0.25, 0.3) is 0 Å². The van der Waals surface area contributed by atoms with Crippen LogP contribution in [0.15, 0.2) is 22.5 Å². The summed E-state index contributed by atoms with van der Waals surface area (Å²) in [5.74, 6) is -0.334. The lowest BCUT2D eigenvalue weighted by Gasteiger charge is -2.37. The van der Waals surface area contributed by atoms with E-state index in [4.69, 9.17) is 9.47 Å². The molecule has 0 unspecified atom stereocenters. The average molecular weight is 419 g/mol. The zero-order valence-corrected chi connectivity index (χ0v) is 18.7. The topological polar surface area (TPSA) is 76.7 Å². The number of hydrogen-bond donors (Lipinski definition) is 2. The lowest BCUT2D eigenvalue weighted by molar-refractivity contribution is -0.139. The molecule has 0 heterocycles. The summed E-state index contributed by atoms with van der Waals surface area (Å²) in [7, 11) is 0. The van der Waals surface area contributed by atoms with Gasteiger partial charge in [-0.25, -0.2) is 9.59 Å². The number of allylic oxidation sites excluding steroid dienone is 2. The van der Waals surface area contributed by atoms with Gasteiger partial charge in [-0.1, -0.05) is 12.8 Å². The summed E-state index contributed by atoms with van der Waals surface area (Å²) < 4.78 is 10.6. The Morgan fingerprint density at radius 3 is 1.50 bits per heavy atom. The number of rotatable bonds is 8. The molecule has 6 nitrogen and oxygen atoms in total. The SMILES string of the molecule is CCOC(=O)C1=C(N[C@@H]2CCCC[C@H]2NC2=C(C(=O)OCC)CCCC2)CCCC1. The van der Waals surface area contributed by atoms with Crippen molar-refractivity contribution in [3.63, 3.8) is 0 Å². The van der Waals surface area contributed by atoms with E-state index in [2.05, 4.69) is 10.6 Å². The Morgan fingerprint density at radius 2 is 1.10 bits per heavy atom. The maximum absolute atomic E-state index is 12.4. The number of carbonyl (C=O) groups excluding carboxylic acids is 2. The first kappa shape index (κ1) is 22.7. The van der Waals surface area contributed by atoms with Crippen molar-refractivity contribution in [2.75, 3.05) is 13.2 Å². The van der Waals surface area contributed by atoms with Gasteiger partial charge in [-0.15, -0.1) is 0 Å². The van der Waals surface area contributed by atoms with Crippen LogP contribution in [0.25, 0.3) is 0 Å². The van der Waals surface area contributed by atoms with E-state index < -0.39 is 0 Å². The fourth-order valence-electron chi connectivity index (χ4n) is 4.94. The predicted octanol–water partition coefficient (Wildman–Crippen LogP) is 4.26. The molecular weight excluding hydrogens is 380 g/mol. The Labute approximate surface area is 180 Å². The molecule has 168 valence electrons. The van der Waals surface area contributed by atoms with Crippen molar-refractivity contribution in [2.24, 2.45) is 0 Å². The van der Waals surface area contributed by atoms with Crippen LogP contribution in [0.1, 0.15) is 90.9 Å². The van der Waals surface area contributed by atoms with Gasteiger partial charge < -0.3 is 20.1 Å². The molecule has 0 saturated heterocycles. The van der Waals surface area contributed by atoms with Gasteiger partial charge in [-0.05, 0) is 78.1 Å². The predicted molar refractivity (Wildman–Crippen MR) is 117 cm³/mol. The molecule has 0 aromatic rings. The molecule has 0 bridgehead atoms. The van der Waals surface area contributed by atoms with Crippen molar-refractivity contribution >= 4 is 11.9 Å². The van der Waals surface area contributed by atoms with Crippen LogP contribution in [0, 0.1) is 0 Å². The van der Waals surface area contributed by atoms with Gasteiger partial charge in [-0.2, -0.15) is 0 Å². The number of carbonyl (C=O) groups is 2. The molecule has 2 N–H and O–H groups in total. The molecule has 2 atom stereocenters. The minimum Gasteiger partial charge on any atom is -0.463 e. The quantitative estimate of drug-likeness (QED) is 0.574. The number of hydrogen-bond acceptors (Lipinski definition) is 6. The second-order valence-electron chi connectivity index (χ2n) is 8.56. The van der Waals surface area contributed by atoms with E-state index in [-0.39, 0.29) is 24.0 Å². The largest absolute Gasteiger partial charge is 0.463 e. The number of nitrogens with one attached hydrogen (secondary N) is 2. The van der Waals surface area contributed by atoms with Crippen molar-refractivity contribution in [3.8, 4) is 0 Å². The smallest absolute Gasteiger partial charge is 0.335 e. The van der Waals surface area contributed by atoms with Crippen LogP contribution in [0.2, 0.25) is 0 Å². The number of ether oxygens (including phenoxy) is 2. The molecule has 3 aliphatic carbocycles. The normalized spacial score (nSPS) is 25.0. The third kappa shape index (κ3) is 5.79. The first-order valence-corrected chi connectivity index (χ1v) is 11.9. The third-order valence-corrected chi connectivity index (χ3v) is 6.46. The summed E-state index contributed by atoms with van der Waals surface area (Å²) in [5, 5.41) is 7.47. The van der Waals surface area contributed by atoms with Gasteiger partial charge in [0.2, 0.25) is 0 Å². The highest BCUT2D eigenvalue weighted by atomic mass is 16.5. The Morgan fingerprint density at radius 1 is 0.700 bits per heavy atom. The first-order valence-electron chi connectivity index (χ1n) is 11.9. The highest BCUT2D eigenvalue weighted by molar-refractivity contribution is 5.90. The Hall–Kier alpha value is -1.98. The molecule has 1 fully saturated rings. The van der Waals surface area contributed by atoms with E-state index in [1.165, 1.54) is 12.8 Å². The van der Waals surface area contributed by atoms with Gasteiger partial charge in [0.05, 0.1) is 24.4 Å². The van der Waals surface area contributed by atoms with E-state index in [0.717, 1.165) is 86.7 Å². The third-order valence-electron chi connectivity index (χ3n) is 6.46.